The maximum absolute atomic E-state index is 14.3. The summed E-state index contributed by atoms with van der Waals surface area (Å²) in [5.41, 5.74) is 1.31. The number of likely N-dealkylation sites (N-methyl/N-ethyl adjacent to an activating group) is 1. The van der Waals surface area contributed by atoms with E-state index in [4.69, 9.17) is 11.6 Å². The second-order valence-electron chi connectivity index (χ2n) is 7.26. The fraction of sp³-hybridized carbons (Fsp3) is 0.500. The largest absolute Gasteiger partial charge is 0.365 e. The van der Waals surface area contributed by atoms with Crippen molar-refractivity contribution in [2.45, 2.75) is 39.4 Å². The Morgan fingerprint density at radius 2 is 2.03 bits per heavy atom. The van der Waals surface area contributed by atoms with Crippen LogP contribution in [0, 0.1) is 5.82 Å². The molecule has 9 heteroatoms. The Bertz CT molecular complexity index is 849. The number of rotatable bonds is 9. The highest BCUT2D eigenvalue weighted by Gasteiger charge is 2.25. The average molecular weight is 428 g/mol. The zero-order chi connectivity index (χ0) is 21.0. The summed E-state index contributed by atoms with van der Waals surface area (Å²) in [7, 11) is 2.10. The van der Waals surface area contributed by atoms with Crippen LogP contribution in [0.15, 0.2) is 18.2 Å². The van der Waals surface area contributed by atoms with Gasteiger partial charge < -0.3 is 10.2 Å². The minimum atomic E-state index is -2.85. The number of benzene rings is 1. The minimum Gasteiger partial charge on any atom is -0.365 e. The number of fused-ring (bicyclic) bond motifs is 1. The summed E-state index contributed by atoms with van der Waals surface area (Å²) in [5, 5.41) is 3.17. The van der Waals surface area contributed by atoms with Crippen LogP contribution in [0.5, 0.6) is 0 Å². The van der Waals surface area contributed by atoms with Gasteiger partial charge in [-0.2, -0.15) is 0 Å². The van der Waals surface area contributed by atoms with Crippen LogP contribution in [0.2, 0.25) is 5.28 Å². The number of anilines is 1. The van der Waals surface area contributed by atoms with Crippen LogP contribution in [0.1, 0.15) is 42.2 Å². The van der Waals surface area contributed by atoms with Gasteiger partial charge in [-0.05, 0) is 31.6 Å². The van der Waals surface area contributed by atoms with Crippen LogP contribution < -0.4 is 5.32 Å². The van der Waals surface area contributed by atoms with Gasteiger partial charge in [0.25, 0.3) is 6.43 Å². The number of alkyl halides is 2. The molecule has 0 atom stereocenters. The molecule has 0 spiro atoms. The molecule has 1 aromatic carbocycles. The van der Waals surface area contributed by atoms with Gasteiger partial charge in [0, 0.05) is 43.9 Å². The number of hydrogen-bond acceptors (Lipinski definition) is 5. The van der Waals surface area contributed by atoms with Crippen molar-refractivity contribution in [3.63, 3.8) is 0 Å². The van der Waals surface area contributed by atoms with Crippen LogP contribution in [0.4, 0.5) is 19.0 Å². The van der Waals surface area contributed by atoms with Crippen molar-refractivity contribution in [1.82, 2.24) is 19.8 Å². The molecule has 29 heavy (non-hydrogen) atoms. The molecule has 1 N–H and O–H groups in total. The van der Waals surface area contributed by atoms with E-state index in [2.05, 4.69) is 39.1 Å². The number of aromatic nitrogens is 2. The summed E-state index contributed by atoms with van der Waals surface area (Å²) in [6.07, 6.45) is -1.75. The van der Waals surface area contributed by atoms with Crippen LogP contribution >= 0.6 is 11.6 Å². The fourth-order valence-corrected chi connectivity index (χ4v) is 3.67. The van der Waals surface area contributed by atoms with Crippen LogP contribution in [-0.4, -0.2) is 46.4 Å². The van der Waals surface area contributed by atoms with E-state index in [9.17, 15) is 13.2 Å². The molecule has 0 aliphatic carbocycles. The lowest BCUT2D eigenvalue weighted by Gasteiger charge is -2.20. The van der Waals surface area contributed by atoms with E-state index in [1.165, 1.54) is 12.1 Å². The molecule has 0 bridgehead atoms. The summed E-state index contributed by atoms with van der Waals surface area (Å²) in [4.78, 5) is 13.1. The van der Waals surface area contributed by atoms with E-state index in [0.29, 0.717) is 18.9 Å². The van der Waals surface area contributed by atoms with E-state index >= 15 is 0 Å². The Hall–Kier alpha value is -1.90. The number of nitrogens with zero attached hydrogens (tertiary/aromatic N) is 4. The highest BCUT2D eigenvalue weighted by Crippen LogP contribution is 2.29. The second kappa shape index (κ2) is 9.73. The second-order valence-corrected chi connectivity index (χ2v) is 7.59. The van der Waals surface area contributed by atoms with Gasteiger partial charge >= 0.3 is 0 Å². The molecule has 0 saturated heterocycles. The Morgan fingerprint density at radius 3 is 2.76 bits per heavy atom. The normalized spacial score (nSPS) is 14.1. The summed E-state index contributed by atoms with van der Waals surface area (Å²) < 4.78 is 40.1. The lowest BCUT2D eigenvalue weighted by atomic mass is 10.1. The quantitative estimate of drug-likeness (QED) is 0.598. The molecule has 3 rings (SSSR count). The van der Waals surface area contributed by atoms with Gasteiger partial charge in [-0.15, -0.1) is 0 Å². The molecule has 1 aliphatic heterocycles. The predicted octanol–water partition coefficient (Wildman–Crippen LogP) is 4.48. The molecule has 5 nitrogen and oxygen atoms in total. The van der Waals surface area contributed by atoms with Gasteiger partial charge in [-0.3, -0.25) is 4.90 Å². The molecule has 0 radical (unpaired) electrons. The molecule has 1 aromatic heterocycles. The van der Waals surface area contributed by atoms with E-state index in [0.717, 1.165) is 43.4 Å². The molecule has 2 aromatic rings. The van der Waals surface area contributed by atoms with Crippen molar-refractivity contribution in [2.24, 2.45) is 0 Å². The van der Waals surface area contributed by atoms with Gasteiger partial charge in [-0.25, -0.2) is 23.1 Å². The van der Waals surface area contributed by atoms with Crippen LogP contribution in [-0.2, 0) is 19.6 Å². The van der Waals surface area contributed by atoms with Crippen LogP contribution in [0.3, 0.4) is 0 Å². The first-order valence-corrected chi connectivity index (χ1v) is 10.0. The Kier molecular flexibility index (Phi) is 7.32. The van der Waals surface area contributed by atoms with Gasteiger partial charge in [0.05, 0.1) is 11.3 Å². The summed E-state index contributed by atoms with van der Waals surface area (Å²) in [5.74, 6) is -0.376. The third-order valence-electron chi connectivity index (χ3n) is 5.01. The number of hydrogen-bond donors (Lipinski definition) is 1. The van der Waals surface area contributed by atoms with Crippen molar-refractivity contribution < 1.29 is 13.2 Å². The highest BCUT2D eigenvalue weighted by molar-refractivity contribution is 6.28. The smallest absolute Gasteiger partial charge is 0.266 e. The number of halogens is 4. The molecule has 1 aliphatic rings. The lowest BCUT2D eigenvalue weighted by molar-refractivity contribution is 0.146. The monoisotopic (exact) mass is 427 g/mol. The van der Waals surface area contributed by atoms with Crippen molar-refractivity contribution in [2.75, 3.05) is 32.0 Å². The van der Waals surface area contributed by atoms with E-state index in [1.54, 1.807) is 0 Å². The van der Waals surface area contributed by atoms with E-state index in [1.807, 2.05) is 0 Å². The summed E-state index contributed by atoms with van der Waals surface area (Å²) in [6.45, 7) is 6.38. The lowest BCUT2D eigenvalue weighted by Crippen LogP contribution is -2.30. The first-order valence-electron chi connectivity index (χ1n) is 9.64. The van der Waals surface area contributed by atoms with Crippen molar-refractivity contribution in [1.29, 1.82) is 0 Å². The van der Waals surface area contributed by atoms with Gasteiger partial charge in [0.1, 0.15) is 11.6 Å². The summed E-state index contributed by atoms with van der Waals surface area (Å²) in [6, 6.07) is 4.00. The minimum absolute atomic E-state index is 0.0331. The fourth-order valence-electron chi connectivity index (χ4n) is 3.48. The topological polar surface area (TPSA) is 44.3 Å². The van der Waals surface area contributed by atoms with Crippen molar-refractivity contribution in [3.8, 4) is 0 Å². The molecule has 0 unspecified atom stereocenters. The SMILES string of the molecule is CCCN(C)CCN1Cc2nc(Cl)nc(NCc3cccc(C(F)F)c3F)c2C1. The molecular weight excluding hydrogens is 403 g/mol. The third-order valence-corrected chi connectivity index (χ3v) is 5.18. The Morgan fingerprint density at radius 1 is 1.24 bits per heavy atom. The Labute approximate surface area is 173 Å². The summed E-state index contributed by atoms with van der Waals surface area (Å²) >= 11 is 6.06. The molecule has 0 fully saturated rings. The van der Waals surface area contributed by atoms with E-state index in [-0.39, 0.29) is 17.4 Å². The maximum Gasteiger partial charge on any atom is 0.266 e. The zero-order valence-corrected chi connectivity index (χ0v) is 17.3. The first kappa shape index (κ1) is 21.8. The molecule has 0 amide bonds. The average Bonchev–Trinajstić information content (AvgIpc) is 3.08. The van der Waals surface area contributed by atoms with Gasteiger partial charge in [-0.1, -0.05) is 25.1 Å². The molecule has 0 saturated carbocycles. The molecular formula is C20H25ClF3N5. The van der Waals surface area contributed by atoms with Crippen LogP contribution in [0.25, 0.3) is 0 Å². The van der Waals surface area contributed by atoms with Crippen molar-refractivity contribution in [3.05, 3.63) is 51.7 Å². The third kappa shape index (κ3) is 5.38. The molecule has 2 heterocycles. The van der Waals surface area contributed by atoms with Crippen molar-refractivity contribution >= 4 is 17.4 Å². The highest BCUT2D eigenvalue weighted by atomic mass is 35.5. The standard InChI is InChI=1S/C20H25ClF3N5/c1-3-7-28(2)8-9-29-11-15-16(12-29)26-20(21)27-19(15)25-10-13-5-4-6-14(17(13)22)18(23)24/h4-6,18H,3,7-12H2,1-2H3,(H,25,26,27). The Balaban J connectivity index is 1.70. The van der Waals surface area contributed by atoms with Gasteiger partial charge in [0.2, 0.25) is 5.28 Å². The predicted molar refractivity (Wildman–Crippen MR) is 108 cm³/mol. The zero-order valence-electron chi connectivity index (χ0n) is 16.6. The molecule has 158 valence electrons. The maximum atomic E-state index is 14.3. The number of nitrogens with one attached hydrogen (secondary N) is 1. The first-order chi connectivity index (χ1) is 13.9. The van der Waals surface area contributed by atoms with Gasteiger partial charge in [0.15, 0.2) is 0 Å². The van der Waals surface area contributed by atoms with E-state index < -0.39 is 17.8 Å².